The predicted octanol–water partition coefficient (Wildman–Crippen LogP) is 2.16. The van der Waals surface area contributed by atoms with Crippen LogP contribution in [0.4, 0.5) is 5.13 Å². The van der Waals surface area contributed by atoms with Crippen LogP contribution in [0.1, 0.15) is 38.6 Å². The van der Waals surface area contributed by atoms with Crippen molar-refractivity contribution in [2.24, 2.45) is 16.7 Å². The maximum atomic E-state index is 12.8. The number of piperidine rings is 1. The van der Waals surface area contributed by atoms with Crippen molar-refractivity contribution in [1.29, 1.82) is 0 Å². The summed E-state index contributed by atoms with van der Waals surface area (Å²) >= 11 is 1.29. The Morgan fingerprint density at radius 1 is 1.26 bits per heavy atom. The molecule has 19 heavy (non-hydrogen) atoms. The van der Waals surface area contributed by atoms with Crippen LogP contribution >= 0.6 is 11.3 Å². The zero-order valence-electron chi connectivity index (χ0n) is 11.6. The largest absolute Gasteiger partial charge is 0.274 e. The molecule has 2 heterocycles. The van der Waals surface area contributed by atoms with Crippen LogP contribution in [-0.2, 0) is 9.59 Å². The molecular formula is C13H17N3O2S. The number of hydrogen-bond acceptors (Lipinski definition) is 5. The smallest absolute Gasteiger partial charge is 0.242 e. The van der Waals surface area contributed by atoms with E-state index in [-0.39, 0.29) is 23.1 Å². The summed E-state index contributed by atoms with van der Waals surface area (Å²) in [6, 6.07) is 0. The van der Waals surface area contributed by atoms with Gasteiger partial charge in [-0.25, -0.2) is 4.90 Å². The normalized spacial score (nSPS) is 33.1. The summed E-state index contributed by atoms with van der Waals surface area (Å²) < 4.78 is 0. The van der Waals surface area contributed by atoms with Crippen LogP contribution in [0.3, 0.4) is 0 Å². The number of imide groups is 1. The topological polar surface area (TPSA) is 63.2 Å². The highest BCUT2D eigenvalue weighted by Crippen LogP contribution is 2.60. The second-order valence-corrected chi connectivity index (χ2v) is 7.39. The molecular weight excluding hydrogens is 262 g/mol. The number of aryl methyl sites for hydroxylation is 1. The standard InChI is InChI=1S/C13H17N3O2S/c1-7-14-15-11(19-7)16-9(17)8-5-6-13(4,10(16)18)12(8,2)3/h8H,5-6H2,1-4H3. The Kier molecular flexibility index (Phi) is 2.43. The average Bonchev–Trinajstić information content (AvgIpc) is 2.80. The molecule has 2 aliphatic rings. The van der Waals surface area contributed by atoms with Gasteiger partial charge in [0.05, 0.1) is 5.41 Å². The number of carbonyl (C=O) groups is 2. The van der Waals surface area contributed by atoms with Gasteiger partial charge in [0.1, 0.15) is 5.01 Å². The Morgan fingerprint density at radius 2 is 1.95 bits per heavy atom. The molecule has 1 aliphatic carbocycles. The van der Waals surface area contributed by atoms with Crippen LogP contribution in [0.25, 0.3) is 0 Å². The number of aromatic nitrogens is 2. The van der Waals surface area contributed by atoms with Gasteiger partial charge in [0.15, 0.2) is 0 Å². The number of fused-ring (bicyclic) bond motifs is 2. The highest BCUT2D eigenvalue weighted by Gasteiger charge is 2.65. The van der Waals surface area contributed by atoms with Gasteiger partial charge >= 0.3 is 0 Å². The van der Waals surface area contributed by atoms with Gasteiger partial charge in [0.25, 0.3) is 0 Å². The number of anilines is 1. The van der Waals surface area contributed by atoms with Crippen molar-refractivity contribution in [3.8, 4) is 0 Å². The molecule has 0 radical (unpaired) electrons. The third kappa shape index (κ3) is 1.40. The van der Waals surface area contributed by atoms with Crippen molar-refractivity contribution in [1.82, 2.24) is 10.2 Å². The Hall–Kier alpha value is -1.30. The van der Waals surface area contributed by atoms with Gasteiger partial charge in [-0.05, 0) is 25.2 Å². The quantitative estimate of drug-likeness (QED) is 0.739. The maximum Gasteiger partial charge on any atom is 0.242 e. The van der Waals surface area contributed by atoms with E-state index in [0.29, 0.717) is 5.13 Å². The number of amides is 2. The Bertz CT molecular complexity index is 580. The molecule has 102 valence electrons. The lowest BCUT2D eigenvalue weighted by molar-refractivity contribution is -0.146. The van der Waals surface area contributed by atoms with Crippen molar-refractivity contribution in [2.45, 2.75) is 40.5 Å². The van der Waals surface area contributed by atoms with E-state index in [4.69, 9.17) is 0 Å². The second-order valence-electron chi connectivity index (χ2n) is 6.23. The fraction of sp³-hybridized carbons (Fsp3) is 0.692. The first-order valence-corrected chi connectivity index (χ1v) is 7.29. The molecule has 2 unspecified atom stereocenters. The van der Waals surface area contributed by atoms with E-state index in [2.05, 4.69) is 10.2 Å². The molecule has 3 rings (SSSR count). The van der Waals surface area contributed by atoms with E-state index in [1.54, 1.807) is 0 Å². The van der Waals surface area contributed by atoms with Crippen molar-refractivity contribution < 1.29 is 9.59 Å². The SMILES string of the molecule is Cc1nnc(N2C(=O)C3CCC(C)(C2=O)C3(C)C)s1. The molecule has 6 heteroatoms. The van der Waals surface area contributed by atoms with E-state index >= 15 is 0 Å². The molecule has 0 N–H and O–H groups in total. The number of hydrogen-bond donors (Lipinski definition) is 0. The minimum Gasteiger partial charge on any atom is -0.274 e. The maximum absolute atomic E-state index is 12.8. The van der Waals surface area contributed by atoms with Crippen LogP contribution in [-0.4, -0.2) is 22.0 Å². The summed E-state index contributed by atoms with van der Waals surface area (Å²) in [7, 11) is 0. The predicted molar refractivity (Wildman–Crippen MR) is 71.8 cm³/mol. The minimum atomic E-state index is -0.481. The molecule has 0 aromatic carbocycles. The van der Waals surface area contributed by atoms with Crippen LogP contribution in [0, 0.1) is 23.7 Å². The fourth-order valence-corrected chi connectivity index (χ4v) is 4.07. The van der Waals surface area contributed by atoms with E-state index in [0.717, 1.165) is 17.8 Å². The molecule has 2 atom stereocenters. The fourth-order valence-electron chi connectivity index (χ4n) is 3.38. The average molecular weight is 279 g/mol. The molecule has 5 nitrogen and oxygen atoms in total. The minimum absolute atomic E-state index is 0.0978. The molecule has 1 aliphatic heterocycles. The highest BCUT2D eigenvalue weighted by molar-refractivity contribution is 7.15. The third-order valence-corrected chi connectivity index (χ3v) is 5.95. The van der Waals surface area contributed by atoms with Crippen LogP contribution in [0.5, 0.6) is 0 Å². The van der Waals surface area contributed by atoms with Crippen LogP contribution in [0.15, 0.2) is 0 Å². The van der Waals surface area contributed by atoms with Crippen molar-refractivity contribution in [3.63, 3.8) is 0 Å². The van der Waals surface area contributed by atoms with E-state index in [9.17, 15) is 9.59 Å². The van der Waals surface area contributed by atoms with Crippen molar-refractivity contribution in [3.05, 3.63) is 5.01 Å². The lowest BCUT2D eigenvalue weighted by atomic mass is 9.62. The van der Waals surface area contributed by atoms with Gasteiger partial charge < -0.3 is 0 Å². The monoisotopic (exact) mass is 279 g/mol. The summed E-state index contributed by atoms with van der Waals surface area (Å²) in [5.74, 6) is -0.326. The molecule has 0 spiro atoms. The first-order valence-electron chi connectivity index (χ1n) is 6.47. The first-order chi connectivity index (χ1) is 8.79. The molecule has 1 aromatic rings. The third-order valence-electron chi connectivity index (χ3n) is 5.13. The van der Waals surface area contributed by atoms with Gasteiger partial charge in [0.2, 0.25) is 16.9 Å². The van der Waals surface area contributed by atoms with Gasteiger partial charge in [0, 0.05) is 5.92 Å². The van der Waals surface area contributed by atoms with Crippen molar-refractivity contribution >= 4 is 28.3 Å². The van der Waals surface area contributed by atoms with Gasteiger partial charge in [-0.15, -0.1) is 10.2 Å². The molecule has 2 amide bonds. The molecule has 1 saturated heterocycles. The zero-order valence-corrected chi connectivity index (χ0v) is 12.4. The van der Waals surface area contributed by atoms with E-state index in [1.807, 2.05) is 27.7 Å². The number of rotatable bonds is 1. The molecule has 2 fully saturated rings. The number of carbonyl (C=O) groups excluding carboxylic acids is 2. The van der Waals surface area contributed by atoms with Gasteiger partial charge in [-0.3, -0.25) is 9.59 Å². The summed E-state index contributed by atoms with van der Waals surface area (Å²) in [6.45, 7) is 7.86. The Balaban J connectivity index is 2.11. The summed E-state index contributed by atoms with van der Waals surface area (Å²) in [5.41, 5.74) is -0.761. The lowest BCUT2D eigenvalue weighted by Gasteiger charge is -2.46. The summed E-state index contributed by atoms with van der Waals surface area (Å²) in [6.07, 6.45) is 1.55. The Morgan fingerprint density at radius 3 is 2.53 bits per heavy atom. The lowest BCUT2D eigenvalue weighted by Crippen LogP contribution is -2.59. The first kappa shape index (κ1) is 12.7. The van der Waals surface area contributed by atoms with Gasteiger partial charge in [-0.1, -0.05) is 32.1 Å². The van der Waals surface area contributed by atoms with Gasteiger partial charge in [-0.2, -0.15) is 0 Å². The summed E-state index contributed by atoms with van der Waals surface area (Å²) in [4.78, 5) is 26.7. The van der Waals surface area contributed by atoms with E-state index < -0.39 is 5.41 Å². The summed E-state index contributed by atoms with van der Waals surface area (Å²) in [5, 5.41) is 9.06. The van der Waals surface area contributed by atoms with E-state index in [1.165, 1.54) is 16.2 Å². The molecule has 1 aromatic heterocycles. The molecule has 1 saturated carbocycles. The molecule has 2 bridgehead atoms. The van der Waals surface area contributed by atoms with Crippen LogP contribution < -0.4 is 4.90 Å². The van der Waals surface area contributed by atoms with Crippen LogP contribution in [0.2, 0.25) is 0 Å². The highest BCUT2D eigenvalue weighted by atomic mass is 32.1. The Labute approximate surface area is 116 Å². The zero-order chi connectivity index (χ0) is 14.0. The number of nitrogens with zero attached hydrogens (tertiary/aromatic N) is 3. The van der Waals surface area contributed by atoms with Crippen molar-refractivity contribution in [2.75, 3.05) is 4.90 Å². The second kappa shape index (κ2) is 3.62.